The van der Waals surface area contributed by atoms with Gasteiger partial charge in [0.25, 0.3) is 5.89 Å². The first-order chi connectivity index (χ1) is 14.7. The SMILES string of the molecule is Cc1ccc(N2CCC(CCOc3ccc(-c4nc(C5CC5)no4)cc3)CC2)nn1. The number of benzene rings is 1. The van der Waals surface area contributed by atoms with E-state index in [2.05, 4.69) is 31.3 Å². The molecule has 1 aromatic carbocycles. The molecule has 3 aromatic rings. The summed E-state index contributed by atoms with van der Waals surface area (Å²) in [5.41, 5.74) is 1.90. The first-order valence-electron chi connectivity index (χ1n) is 10.9. The van der Waals surface area contributed by atoms with Gasteiger partial charge >= 0.3 is 0 Å². The van der Waals surface area contributed by atoms with Gasteiger partial charge in [-0.05, 0) is 81.3 Å². The van der Waals surface area contributed by atoms with E-state index < -0.39 is 0 Å². The van der Waals surface area contributed by atoms with Crippen molar-refractivity contribution in [2.75, 3.05) is 24.6 Å². The first kappa shape index (κ1) is 19.0. The smallest absolute Gasteiger partial charge is 0.257 e. The van der Waals surface area contributed by atoms with Crippen molar-refractivity contribution in [1.82, 2.24) is 20.3 Å². The van der Waals surface area contributed by atoms with Crippen molar-refractivity contribution in [3.05, 3.63) is 47.9 Å². The van der Waals surface area contributed by atoms with Crippen molar-refractivity contribution in [2.45, 2.75) is 44.9 Å². The van der Waals surface area contributed by atoms with Crippen LogP contribution in [0.1, 0.15) is 49.5 Å². The molecule has 0 amide bonds. The molecule has 7 nitrogen and oxygen atoms in total. The molecular weight excluding hydrogens is 378 g/mol. The zero-order valence-corrected chi connectivity index (χ0v) is 17.3. The van der Waals surface area contributed by atoms with Gasteiger partial charge in [-0.2, -0.15) is 10.1 Å². The Morgan fingerprint density at radius 1 is 1.00 bits per heavy atom. The van der Waals surface area contributed by atoms with Crippen LogP contribution in [-0.4, -0.2) is 40.0 Å². The average Bonchev–Trinajstić information content (AvgIpc) is 3.52. The number of aromatic nitrogens is 4. The third-order valence-electron chi connectivity index (χ3n) is 6.00. The number of piperidine rings is 1. The van der Waals surface area contributed by atoms with Crippen molar-refractivity contribution in [3.63, 3.8) is 0 Å². The number of rotatable bonds is 7. The maximum absolute atomic E-state index is 5.98. The van der Waals surface area contributed by atoms with Crippen LogP contribution in [0.15, 0.2) is 40.9 Å². The van der Waals surface area contributed by atoms with E-state index in [4.69, 9.17) is 9.26 Å². The van der Waals surface area contributed by atoms with Gasteiger partial charge in [0.1, 0.15) is 5.75 Å². The van der Waals surface area contributed by atoms with E-state index in [9.17, 15) is 0 Å². The Morgan fingerprint density at radius 2 is 1.80 bits per heavy atom. The highest BCUT2D eigenvalue weighted by Crippen LogP contribution is 2.39. The van der Waals surface area contributed by atoms with Crippen LogP contribution < -0.4 is 9.64 Å². The van der Waals surface area contributed by atoms with Gasteiger partial charge in [0, 0.05) is 24.6 Å². The molecule has 7 heteroatoms. The minimum Gasteiger partial charge on any atom is -0.494 e. The predicted molar refractivity (Wildman–Crippen MR) is 114 cm³/mol. The lowest BCUT2D eigenvalue weighted by Crippen LogP contribution is -2.34. The zero-order chi connectivity index (χ0) is 20.3. The molecule has 5 rings (SSSR count). The Hall–Kier alpha value is -2.96. The Balaban J connectivity index is 1.06. The van der Waals surface area contributed by atoms with E-state index in [1.165, 1.54) is 25.7 Å². The zero-order valence-electron chi connectivity index (χ0n) is 17.3. The van der Waals surface area contributed by atoms with Crippen molar-refractivity contribution in [1.29, 1.82) is 0 Å². The van der Waals surface area contributed by atoms with Crippen LogP contribution in [0.3, 0.4) is 0 Å². The summed E-state index contributed by atoms with van der Waals surface area (Å²) in [5.74, 6) is 4.49. The summed E-state index contributed by atoms with van der Waals surface area (Å²) in [4.78, 5) is 6.82. The predicted octanol–water partition coefficient (Wildman–Crippen LogP) is 4.40. The van der Waals surface area contributed by atoms with Crippen LogP contribution in [-0.2, 0) is 0 Å². The summed E-state index contributed by atoms with van der Waals surface area (Å²) < 4.78 is 11.4. The van der Waals surface area contributed by atoms with Crippen LogP contribution in [0.25, 0.3) is 11.5 Å². The summed E-state index contributed by atoms with van der Waals surface area (Å²) >= 11 is 0. The first-order valence-corrected chi connectivity index (χ1v) is 10.9. The molecule has 1 saturated carbocycles. The lowest BCUT2D eigenvalue weighted by molar-refractivity contribution is 0.258. The Kier molecular flexibility index (Phi) is 5.34. The topological polar surface area (TPSA) is 77.2 Å². The maximum atomic E-state index is 5.98. The molecule has 3 heterocycles. The average molecular weight is 406 g/mol. The van der Waals surface area contributed by atoms with Crippen LogP contribution >= 0.6 is 0 Å². The molecule has 2 fully saturated rings. The fourth-order valence-electron chi connectivity index (χ4n) is 3.91. The highest BCUT2D eigenvalue weighted by atomic mass is 16.5. The Bertz CT molecular complexity index is 958. The van der Waals surface area contributed by atoms with Gasteiger partial charge in [-0.1, -0.05) is 5.16 Å². The molecule has 2 aromatic heterocycles. The molecule has 0 spiro atoms. The lowest BCUT2D eigenvalue weighted by atomic mass is 9.94. The fourth-order valence-corrected chi connectivity index (χ4v) is 3.91. The highest BCUT2D eigenvalue weighted by Gasteiger charge is 2.29. The maximum Gasteiger partial charge on any atom is 0.257 e. The lowest BCUT2D eigenvalue weighted by Gasteiger charge is -2.32. The second-order valence-electron chi connectivity index (χ2n) is 8.36. The summed E-state index contributed by atoms with van der Waals surface area (Å²) in [6.45, 7) is 4.77. The summed E-state index contributed by atoms with van der Waals surface area (Å²) in [6.07, 6.45) is 5.75. The largest absolute Gasteiger partial charge is 0.494 e. The van der Waals surface area contributed by atoms with Crippen LogP contribution in [0.2, 0.25) is 0 Å². The number of ether oxygens (including phenoxy) is 1. The van der Waals surface area contributed by atoms with Gasteiger partial charge in [-0.3, -0.25) is 0 Å². The summed E-state index contributed by atoms with van der Waals surface area (Å²) in [5, 5.41) is 12.6. The van der Waals surface area contributed by atoms with Gasteiger partial charge in [0.2, 0.25) is 0 Å². The van der Waals surface area contributed by atoms with Crippen LogP contribution in [0.5, 0.6) is 5.75 Å². The van der Waals surface area contributed by atoms with E-state index in [0.29, 0.717) is 17.7 Å². The van der Waals surface area contributed by atoms with E-state index in [-0.39, 0.29) is 0 Å². The quantitative estimate of drug-likeness (QED) is 0.576. The van der Waals surface area contributed by atoms with Crippen molar-refractivity contribution in [2.24, 2.45) is 5.92 Å². The monoisotopic (exact) mass is 405 g/mol. The van der Waals surface area contributed by atoms with Gasteiger partial charge < -0.3 is 14.2 Å². The van der Waals surface area contributed by atoms with E-state index in [1.807, 2.05) is 37.3 Å². The molecule has 156 valence electrons. The van der Waals surface area contributed by atoms with E-state index in [1.54, 1.807) is 0 Å². The van der Waals surface area contributed by atoms with Crippen LogP contribution in [0, 0.1) is 12.8 Å². The second kappa shape index (κ2) is 8.42. The minimum absolute atomic E-state index is 0.502. The molecule has 1 aliphatic heterocycles. The standard InChI is InChI=1S/C23H27N5O2/c1-16-2-9-21(26-25-16)28-13-10-17(11-14-28)12-15-29-20-7-5-19(6-8-20)23-24-22(27-30-23)18-3-4-18/h2,5-9,17-18H,3-4,10-15H2,1H3. The van der Waals surface area contributed by atoms with Crippen molar-refractivity contribution >= 4 is 5.82 Å². The molecule has 1 aliphatic carbocycles. The molecule has 30 heavy (non-hydrogen) atoms. The third kappa shape index (κ3) is 4.45. The molecule has 0 radical (unpaired) electrons. The van der Waals surface area contributed by atoms with Crippen molar-refractivity contribution in [3.8, 4) is 17.2 Å². The van der Waals surface area contributed by atoms with Gasteiger partial charge in [0.05, 0.1) is 12.3 Å². The molecule has 0 unspecified atom stereocenters. The van der Waals surface area contributed by atoms with Gasteiger partial charge in [-0.25, -0.2) is 0 Å². The van der Waals surface area contributed by atoms with E-state index >= 15 is 0 Å². The Morgan fingerprint density at radius 3 is 2.50 bits per heavy atom. The number of hydrogen-bond donors (Lipinski definition) is 0. The molecule has 1 saturated heterocycles. The number of nitrogens with zero attached hydrogens (tertiary/aromatic N) is 5. The number of hydrogen-bond acceptors (Lipinski definition) is 7. The summed E-state index contributed by atoms with van der Waals surface area (Å²) in [7, 11) is 0. The molecule has 0 N–H and O–H groups in total. The highest BCUT2D eigenvalue weighted by molar-refractivity contribution is 5.54. The molecule has 0 bridgehead atoms. The van der Waals surface area contributed by atoms with Gasteiger partial charge in [-0.15, -0.1) is 5.10 Å². The molecule has 0 atom stereocenters. The Labute approximate surface area is 176 Å². The second-order valence-corrected chi connectivity index (χ2v) is 8.36. The number of aryl methyl sites for hydroxylation is 1. The fraction of sp³-hybridized carbons (Fsp3) is 0.478. The number of anilines is 1. The molecule has 2 aliphatic rings. The third-order valence-corrected chi connectivity index (χ3v) is 6.00. The van der Waals surface area contributed by atoms with Crippen LogP contribution in [0.4, 0.5) is 5.82 Å². The van der Waals surface area contributed by atoms with Crippen molar-refractivity contribution < 1.29 is 9.26 Å². The summed E-state index contributed by atoms with van der Waals surface area (Å²) in [6, 6.07) is 12.0. The minimum atomic E-state index is 0.502. The normalized spacial score (nSPS) is 17.3. The van der Waals surface area contributed by atoms with Gasteiger partial charge in [0.15, 0.2) is 11.6 Å². The molecular formula is C23H27N5O2. The van der Waals surface area contributed by atoms with E-state index in [0.717, 1.165) is 54.8 Å².